The van der Waals surface area contributed by atoms with Gasteiger partial charge in [0.05, 0.1) is 5.56 Å². The summed E-state index contributed by atoms with van der Waals surface area (Å²) < 4.78 is 5.74. The fourth-order valence-corrected chi connectivity index (χ4v) is 2.52. The standard InChI is InChI=1S/C17H21N5O/c1-19-10-13-11-20-16(12-5-7-14(18)8-6-12)22-17(13)21-15-4-2-3-9-23-15/h5-8,10-11,15H,2-4,9,18H2,1H3,(H,20,21,22)/b19-10-. The van der Waals surface area contributed by atoms with E-state index in [1.165, 1.54) is 0 Å². The largest absolute Gasteiger partial charge is 0.399 e. The van der Waals surface area contributed by atoms with Crippen LogP contribution in [0.3, 0.4) is 0 Å². The summed E-state index contributed by atoms with van der Waals surface area (Å²) in [5.41, 5.74) is 8.23. The minimum atomic E-state index is -0.0121. The number of hydrogen-bond donors (Lipinski definition) is 2. The molecule has 6 nitrogen and oxygen atoms in total. The average molecular weight is 311 g/mol. The van der Waals surface area contributed by atoms with Gasteiger partial charge in [-0.15, -0.1) is 0 Å². The van der Waals surface area contributed by atoms with Crippen molar-refractivity contribution < 1.29 is 4.74 Å². The number of nitrogens with two attached hydrogens (primary N) is 1. The Hall–Kier alpha value is -2.47. The zero-order valence-corrected chi connectivity index (χ0v) is 13.2. The Labute approximate surface area is 135 Å². The lowest BCUT2D eigenvalue weighted by molar-refractivity contribution is 0.0341. The molecule has 0 bridgehead atoms. The van der Waals surface area contributed by atoms with E-state index in [4.69, 9.17) is 10.5 Å². The number of aromatic nitrogens is 2. The molecule has 1 aromatic carbocycles. The molecule has 3 N–H and O–H groups in total. The van der Waals surface area contributed by atoms with Gasteiger partial charge in [0.15, 0.2) is 5.82 Å². The van der Waals surface area contributed by atoms with E-state index >= 15 is 0 Å². The molecule has 1 aliphatic heterocycles. The van der Waals surface area contributed by atoms with E-state index in [2.05, 4.69) is 20.3 Å². The summed E-state index contributed by atoms with van der Waals surface area (Å²) >= 11 is 0. The Morgan fingerprint density at radius 1 is 1.30 bits per heavy atom. The van der Waals surface area contributed by atoms with Gasteiger partial charge >= 0.3 is 0 Å². The second kappa shape index (κ2) is 7.19. The van der Waals surface area contributed by atoms with Gasteiger partial charge in [0.25, 0.3) is 0 Å². The fourth-order valence-electron chi connectivity index (χ4n) is 2.52. The molecule has 3 rings (SSSR count). The Kier molecular flexibility index (Phi) is 4.83. The number of benzene rings is 1. The van der Waals surface area contributed by atoms with Crippen LogP contribution in [0.2, 0.25) is 0 Å². The first-order chi connectivity index (χ1) is 11.3. The molecule has 2 aromatic rings. The van der Waals surface area contributed by atoms with Crippen LogP contribution in [0.25, 0.3) is 11.4 Å². The number of nitrogens with one attached hydrogen (secondary N) is 1. The quantitative estimate of drug-likeness (QED) is 0.670. The normalized spacial score (nSPS) is 18.2. The highest BCUT2D eigenvalue weighted by Crippen LogP contribution is 2.22. The van der Waals surface area contributed by atoms with Crippen LogP contribution in [0.15, 0.2) is 35.5 Å². The van der Waals surface area contributed by atoms with E-state index in [1.807, 2.05) is 24.3 Å². The van der Waals surface area contributed by atoms with Gasteiger partial charge in [0, 0.05) is 37.3 Å². The molecular formula is C17H21N5O. The molecule has 6 heteroatoms. The third-order valence-corrected chi connectivity index (χ3v) is 3.73. The van der Waals surface area contributed by atoms with Crippen molar-refractivity contribution in [2.45, 2.75) is 25.5 Å². The van der Waals surface area contributed by atoms with Gasteiger partial charge in [-0.2, -0.15) is 0 Å². The van der Waals surface area contributed by atoms with Crippen molar-refractivity contribution >= 4 is 17.7 Å². The summed E-state index contributed by atoms with van der Waals surface area (Å²) in [5, 5.41) is 3.37. The molecule has 1 unspecified atom stereocenters. The average Bonchev–Trinajstić information content (AvgIpc) is 2.58. The van der Waals surface area contributed by atoms with Crippen LogP contribution >= 0.6 is 0 Å². The lowest BCUT2D eigenvalue weighted by Crippen LogP contribution is -2.28. The third kappa shape index (κ3) is 3.84. The Morgan fingerprint density at radius 3 is 2.83 bits per heavy atom. The highest BCUT2D eigenvalue weighted by molar-refractivity contribution is 5.86. The van der Waals surface area contributed by atoms with Crippen molar-refractivity contribution in [2.24, 2.45) is 4.99 Å². The van der Waals surface area contributed by atoms with Gasteiger partial charge in [-0.25, -0.2) is 9.97 Å². The fraction of sp³-hybridized carbons (Fsp3) is 0.353. The van der Waals surface area contributed by atoms with Gasteiger partial charge < -0.3 is 15.8 Å². The highest BCUT2D eigenvalue weighted by Gasteiger charge is 2.16. The summed E-state index contributed by atoms with van der Waals surface area (Å²) in [5.74, 6) is 1.39. The van der Waals surface area contributed by atoms with Crippen LogP contribution in [0, 0.1) is 0 Å². The number of rotatable bonds is 4. The van der Waals surface area contributed by atoms with E-state index in [9.17, 15) is 0 Å². The Bertz CT molecular complexity index is 678. The van der Waals surface area contributed by atoms with Crippen molar-refractivity contribution in [3.05, 3.63) is 36.0 Å². The molecule has 2 heterocycles. The van der Waals surface area contributed by atoms with Crippen LogP contribution < -0.4 is 11.1 Å². The predicted octanol–water partition coefficient (Wildman–Crippen LogP) is 2.71. The van der Waals surface area contributed by atoms with Crippen LogP contribution in [0.1, 0.15) is 24.8 Å². The molecule has 0 saturated carbocycles. The van der Waals surface area contributed by atoms with Crippen LogP contribution in [-0.2, 0) is 4.74 Å². The number of aliphatic imine (C=N–C) groups is 1. The van der Waals surface area contributed by atoms with Crippen molar-refractivity contribution in [3.63, 3.8) is 0 Å². The van der Waals surface area contributed by atoms with Crippen LogP contribution in [0.4, 0.5) is 11.5 Å². The summed E-state index contributed by atoms with van der Waals surface area (Å²) in [4.78, 5) is 13.1. The Balaban J connectivity index is 1.90. The molecule has 0 radical (unpaired) electrons. The molecule has 1 atom stereocenters. The number of nitrogen functional groups attached to an aromatic ring is 1. The lowest BCUT2D eigenvalue weighted by Gasteiger charge is -2.24. The Morgan fingerprint density at radius 2 is 2.13 bits per heavy atom. The minimum Gasteiger partial charge on any atom is -0.399 e. The van der Waals surface area contributed by atoms with Gasteiger partial charge in [-0.3, -0.25) is 4.99 Å². The second-order valence-corrected chi connectivity index (χ2v) is 5.51. The van der Waals surface area contributed by atoms with Gasteiger partial charge in [0.2, 0.25) is 0 Å². The van der Waals surface area contributed by atoms with E-state index in [0.29, 0.717) is 5.82 Å². The third-order valence-electron chi connectivity index (χ3n) is 3.73. The van der Waals surface area contributed by atoms with Gasteiger partial charge in [-0.05, 0) is 43.5 Å². The van der Waals surface area contributed by atoms with Crippen molar-refractivity contribution in [3.8, 4) is 11.4 Å². The predicted molar refractivity (Wildman–Crippen MR) is 92.6 cm³/mol. The number of anilines is 2. The number of ether oxygens (including phenoxy) is 1. The molecule has 0 aliphatic carbocycles. The number of nitrogens with zero attached hydrogens (tertiary/aromatic N) is 3. The molecule has 1 saturated heterocycles. The van der Waals surface area contributed by atoms with Crippen molar-refractivity contribution in [2.75, 3.05) is 24.7 Å². The maximum atomic E-state index is 5.74. The van der Waals surface area contributed by atoms with Gasteiger partial charge in [-0.1, -0.05) is 0 Å². The summed E-state index contributed by atoms with van der Waals surface area (Å²) in [6.07, 6.45) is 6.76. The molecule has 1 fully saturated rings. The molecule has 1 aromatic heterocycles. The SMILES string of the molecule is C/N=C\c1cnc(-c2ccc(N)cc2)nc1NC1CCCCO1. The minimum absolute atomic E-state index is 0.0121. The maximum absolute atomic E-state index is 5.74. The van der Waals surface area contributed by atoms with E-state index < -0.39 is 0 Å². The summed E-state index contributed by atoms with van der Waals surface area (Å²) in [6.45, 7) is 0.783. The molecule has 120 valence electrons. The van der Waals surface area contributed by atoms with Crippen LogP contribution in [-0.4, -0.2) is 36.1 Å². The maximum Gasteiger partial charge on any atom is 0.161 e. The van der Waals surface area contributed by atoms with Crippen molar-refractivity contribution in [1.29, 1.82) is 0 Å². The lowest BCUT2D eigenvalue weighted by atomic mass is 10.1. The first kappa shape index (κ1) is 15.4. The molecule has 23 heavy (non-hydrogen) atoms. The van der Waals surface area contributed by atoms with E-state index in [-0.39, 0.29) is 6.23 Å². The second-order valence-electron chi connectivity index (χ2n) is 5.51. The zero-order chi connectivity index (χ0) is 16.1. The first-order valence-corrected chi connectivity index (χ1v) is 7.79. The smallest absolute Gasteiger partial charge is 0.161 e. The molecule has 0 spiro atoms. The molecule has 1 aliphatic rings. The topological polar surface area (TPSA) is 85.4 Å². The highest BCUT2D eigenvalue weighted by atomic mass is 16.5. The zero-order valence-electron chi connectivity index (χ0n) is 13.2. The van der Waals surface area contributed by atoms with Crippen LogP contribution in [0.5, 0.6) is 0 Å². The van der Waals surface area contributed by atoms with Crippen molar-refractivity contribution in [1.82, 2.24) is 9.97 Å². The number of hydrogen-bond acceptors (Lipinski definition) is 6. The molecule has 0 amide bonds. The monoisotopic (exact) mass is 311 g/mol. The summed E-state index contributed by atoms with van der Waals surface area (Å²) in [6, 6.07) is 7.52. The molecular weight excluding hydrogens is 290 g/mol. The van der Waals surface area contributed by atoms with E-state index in [1.54, 1.807) is 19.5 Å². The van der Waals surface area contributed by atoms with E-state index in [0.717, 1.165) is 48.5 Å². The summed E-state index contributed by atoms with van der Waals surface area (Å²) in [7, 11) is 1.73. The van der Waals surface area contributed by atoms with Gasteiger partial charge in [0.1, 0.15) is 12.0 Å². The first-order valence-electron chi connectivity index (χ1n) is 7.79.